The van der Waals surface area contributed by atoms with Crippen molar-refractivity contribution in [2.75, 3.05) is 27.2 Å². The highest BCUT2D eigenvalue weighted by Gasteiger charge is 2.15. The molecule has 0 saturated heterocycles. The number of ether oxygens (including phenoxy) is 1. The van der Waals surface area contributed by atoms with Crippen molar-refractivity contribution in [3.63, 3.8) is 0 Å². The summed E-state index contributed by atoms with van der Waals surface area (Å²) in [7, 11) is 4.06. The lowest BCUT2D eigenvalue weighted by molar-refractivity contribution is -0.120. The number of amides is 1. The van der Waals surface area contributed by atoms with Crippen LogP contribution in [0.25, 0.3) is 0 Å². The van der Waals surface area contributed by atoms with E-state index in [1.165, 1.54) is 11.1 Å². The third-order valence-corrected chi connectivity index (χ3v) is 4.18. The zero-order valence-electron chi connectivity index (χ0n) is 15.6. The highest BCUT2D eigenvalue weighted by molar-refractivity contribution is 5.78. The topological polar surface area (TPSA) is 41.6 Å². The first-order chi connectivity index (χ1) is 12.0. The second kappa shape index (κ2) is 9.23. The molecule has 2 aromatic carbocycles. The van der Waals surface area contributed by atoms with Gasteiger partial charge in [-0.2, -0.15) is 0 Å². The average Bonchev–Trinajstić information content (AvgIpc) is 2.58. The Morgan fingerprint density at radius 3 is 2.28 bits per heavy atom. The van der Waals surface area contributed by atoms with Gasteiger partial charge < -0.3 is 15.0 Å². The quantitative estimate of drug-likeness (QED) is 0.801. The van der Waals surface area contributed by atoms with Gasteiger partial charge in [0, 0.05) is 6.54 Å². The Kier molecular flexibility index (Phi) is 7.02. The van der Waals surface area contributed by atoms with E-state index in [1.54, 1.807) is 0 Å². The van der Waals surface area contributed by atoms with Crippen LogP contribution in [0.1, 0.15) is 29.7 Å². The second-order valence-corrected chi connectivity index (χ2v) is 6.45. The Morgan fingerprint density at radius 2 is 1.72 bits per heavy atom. The van der Waals surface area contributed by atoms with E-state index in [2.05, 4.69) is 41.4 Å². The Labute approximate surface area is 150 Å². The molecule has 1 N–H and O–H groups in total. The van der Waals surface area contributed by atoms with Gasteiger partial charge in [0.2, 0.25) is 5.91 Å². The minimum Gasteiger partial charge on any atom is -0.494 e. The number of carbonyl (C=O) groups is 1. The standard InChI is InChI=1S/C21H28N2O2/c1-5-25-19-12-8-17(9-13-19)14-21(24)22-15-20(23(3)4)18-10-6-16(2)7-11-18/h6-13,20H,5,14-15H2,1-4H3,(H,22,24). The molecule has 0 aliphatic carbocycles. The molecule has 1 unspecified atom stereocenters. The fraction of sp³-hybridized carbons (Fsp3) is 0.381. The van der Waals surface area contributed by atoms with Crippen molar-refractivity contribution in [3.8, 4) is 5.75 Å². The summed E-state index contributed by atoms with van der Waals surface area (Å²) < 4.78 is 5.42. The molecule has 0 spiro atoms. The predicted molar refractivity (Wildman–Crippen MR) is 102 cm³/mol. The number of nitrogens with zero attached hydrogens (tertiary/aromatic N) is 1. The van der Waals surface area contributed by atoms with Gasteiger partial charge in [0.1, 0.15) is 5.75 Å². The van der Waals surface area contributed by atoms with Gasteiger partial charge in [-0.1, -0.05) is 42.0 Å². The summed E-state index contributed by atoms with van der Waals surface area (Å²) in [6.07, 6.45) is 0.375. The lowest BCUT2D eigenvalue weighted by atomic mass is 10.0. The highest BCUT2D eigenvalue weighted by atomic mass is 16.5. The minimum absolute atomic E-state index is 0.0307. The van der Waals surface area contributed by atoms with E-state index in [4.69, 9.17) is 4.74 Å². The summed E-state index contributed by atoms with van der Waals surface area (Å²) in [5.74, 6) is 0.863. The van der Waals surface area contributed by atoms with Crippen molar-refractivity contribution in [3.05, 3.63) is 65.2 Å². The van der Waals surface area contributed by atoms with Crippen LogP contribution in [0.5, 0.6) is 5.75 Å². The number of hydrogen-bond acceptors (Lipinski definition) is 3. The summed E-state index contributed by atoms with van der Waals surface area (Å²) in [4.78, 5) is 14.4. The molecule has 0 heterocycles. The fourth-order valence-corrected chi connectivity index (χ4v) is 2.72. The molecule has 134 valence electrons. The van der Waals surface area contributed by atoms with E-state index in [9.17, 15) is 4.79 Å². The SMILES string of the molecule is CCOc1ccc(CC(=O)NCC(c2ccc(C)cc2)N(C)C)cc1. The Morgan fingerprint density at radius 1 is 1.08 bits per heavy atom. The number of hydrogen-bond donors (Lipinski definition) is 1. The zero-order valence-corrected chi connectivity index (χ0v) is 15.6. The summed E-state index contributed by atoms with van der Waals surface area (Å²) in [6, 6.07) is 16.3. The molecule has 2 rings (SSSR count). The number of benzene rings is 2. The molecule has 0 saturated carbocycles. The van der Waals surface area contributed by atoms with Crippen LogP contribution in [0.4, 0.5) is 0 Å². The molecule has 0 fully saturated rings. The van der Waals surface area contributed by atoms with E-state index in [1.807, 2.05) is 45.3 Å². The van der Waals surface area contributed by atoms with Crippen LogP contribution in [0.15, 0.2) is 48.5 Å². The first-order valence-electron chi connectivity index (χ1n) is 8.71. The van der Waals surface area contributed by atoms with Crippen LogP contribution >= 0.6 is 0 Å². The van der Waals surface area contributed by atoms with Gasteiger partial charge in [-0.3, -0.25) is 4.79 Å². The normalized spacial score (nSPS) is 12.0. The van der Waals surface area contributed by atoms with Crippen LogP contribution in [-0.2, 0) is 11.2 Å². The number of carbonyl (C=O) groups excluding carboxylic acids is 1. The van der Waals surface area contributed by atoms with Gasteiger partial charge in [0.05, 0.1) is 19.1 Å². The lowest BCUT2D eigenvalue weighted by Crippen LogP contribution is -2.35. The van der Waals surface area contributed by atoms with Crippen LogP contribution in [-0.4, -0.2) is 38.1 Å². The van der Waals surface area contributed by atoms with Crippen molar-refractivity contribution >= 4 is 5.91 Å². The molecular formula is C21H28N2O2. The molecule has 4 nitrogen and oxygen atoms in total. The molecule has 0 radical (unpaired) electrons. The van der Waals surface area contributed by atoms with Crippen LogP contribution in [0.2, 0.25) is 0 Å². The van der Waals surface area contributed by atoms with Gasteiger partial charge in [0.25, 0.3) is 0 Å². The Hall–Kier alpha value is -2.33. The molecule has 0 aliphatic heterocycles. The number of rotatable bonds is 8. The summed E-state index contributed by atoms with van der Waals surface area (Å²) in [5.41, 5.74) is 3.43. The molecular weight excluding hydrogens is 312 g/mol. The molecule has 2 aromatic rings. The van der Waals surface area contributed by atoms with Crippen LogP contribution < -0.4 is 10.1 Å². The van der Waals surface area contributed by atoms with Crippen molar-refractivity contribution < 1.29 is 9.53 Å². The largest absolute Gasteiger partial charge is 0.494 e. The number of nitrogens with one attached hydrogen (secondary N) is 1. The van der Waals surface area contributed by atoms with Gasteiger partial charge in [-0.05, 0) is 51.2 Å². The van der Waals surface area contributed by atoms with Gasteiger partial charge in [-0.25, -0.2) is 0 Å². The predicted octanol–water partition coefficient (Wildman–Crippen LogP) is 3.36. The first kappa shape index (κ1) is 19.0. The molecule has 25 heavy (non-hydrogen) atoms. The number of aryl methyl sites for hydroxylation is 1. The summed E-state index contributed by atoms with van der Waals surface area (Å²) in [5, 5.41) is 3.05. The molecule has 1 atom stereocenters. The second-order valence-electron chi connectivity index (χ2n) is 6.45. The summed E-state index contributed by atoms with van der Waals surface area (Å²) >= 11 is 0. The van der Waals surface area contributed by atoms with Gasteiger partial charge in [0.15, 0.2) is 0 Å². The van der Waals surface area contributed by atoms with Crippen molar-refractivity contribution in [1.29, 1.82) is 0 Å². The maximum Gasteiger partial charge on any atom is 0.224 e. The fourth-order valence-electron chi connectivity index (χ4n) is 2.72. The third-order valence-electron chi connectivity index (χ3n) is 4.18. The molecule has 0 bridgehead atoms. The number of likely N-dealkylation sites (N-methyl/N-ethyl adjacent to an activating group) is 1. The average molecular weight is 340 g/mol. The smallest absolute Gasteiger partial charge is 0.224 e. The first-order valence-corrected chi connectivity index (χ1v) is 8.71. The monoisotopic (exact) mass is 340 g/mol. The summed E-state index contributed by atoms with van der Waals surface area (Å²) in [6.45, 7) is 5.26. The molecule has 0 aromatic heterocycles. The highest BCUT2D eigenvalue weighted by Crippen LogP contribution is 2.18. The molecule has 0 aliphatic rings. The molecule has 1 amide bonds. The Balaban J connectivity index is 1.91. The van der Waals surface area contributed by atoms with Crippen LogP contribution in [0.3, 0.4) is 0 Å². The van der Waals surface area contributed by atoms with E-state index in [0.29, 0.717) is 19.6 Å². The van der Waals surface area contributed by atoms with Crippen molar-refractivity contribution in [2.45, 2.75) is 26.3 Å². The van der Waals surface area contributed by atoms with E-state index in [-0.39, 0.29) is 11.9 Å². The van der Waals surface area contributed by atoms with Gasteiger partial charge >= 0.3 is 0 Å². The van der Waals surface area contributed by atoms with Gasteiger partial charge in [-0.15, -0.1) is 0 Å². The van der Waals surface area contributed by atoms with E-state index >= 15 is 0 Å². The zero-order chi connectivity index (χ0) is 18.2. The van der Waals surface area contributed by atoms with E-state index in [0.717, 1.165) is 11.3 Å². The minimum atomic E-state index is 0.0307. The van der Waals surface area contributed by atoms with Crippen molar-refractivity contribution in [1.82, 2.24) is 10.2 Å². The maximum absolute atomic E-state index is 12.3. The molecule has 4 heteroatoms. The third kappa shape index (κ3) is 5.91. The van der Waals surface area contributed by atoms with E-state index < -0.39 is 0 Å². The maximum atomic E-state index is 12.3. The lowest BCUT2D eigenvalue weighted by Gasteiger charge is -2.25. The van der Waals surface area contributed by atoms with Crippen molar-refractivity contribution in [2.24, 2.45) is 0 Å². The van der Waals surface area contributed by atoms with Crippen LogP contribution in [0, 0.1) is 6.92 Å². The Bertz CT molecular complexity index is 663.